The molecule has 0 saturated heterocycles. The lowest BCUT2D eigenvalue weighted by Crippen LogP contribution is -2.09. The van der Waals surface area contributed by atoms with Gasteiger partial charge in [-0.2, -0.15) is 0 Å². The number of thioether (sulfide) groups is 1. The molecule has 2 aromatic rings. The van der Waals surface area contributed by atoms with E-state index in [2.05, 4.69) is 15.9 Å². The van der Waals surface area contributed by atoms with Crippen LogP contribution in [-0.4, -0.2) is 6.54 Å². The van der Waals surface area contributed by atoms with Crippen LogP contribution in [0.1, 0.15) is 10.8 Å². The lowest BCUT2D eigenvalue weighted by atomic mass is 10.1. The number of rotatable bonds is 4. The average molecular weight is 326 g/mol. The van der Waals surface area contributed by atoms with Crippen molar-refractivity contribution in [1.29, 1.82) is 0 Å². The summed E-state index contributed by atoms with van der Waals surface area (Å²) in [7, 11) is 0. The maximum atomic E-state index is 13.6. The molecule has 0 heterocycles. The Kier molecular flexibility index (Phi) is 4.80. The zero-order chi connectivity index (χ0) is 13.0. The van der Waals surface area contributed by atoms with Crippen molar-refractivity contribution in [1.82, 2.24) is 0 Å². The molecule has 0 bridgehead atoms. The third-order valence-electron chi connectivity index (χ3n) is 2.56. The molecule has 1 nitrogen and oxygen atoms in total. The van der Waals surface area contributed by atoms with Gasteiger partial charge in [0.25, 0.3) is 0 Å². The summed E-state index contributed by atoms with van der Waals surface area (Å²) in [6.45, 7) is 0.473. The molecule has 4 heteroatoms. The lowest BCUT2D eigenvalue weighted by molar-refractivity contribution is 0.601. The Labute approximate surface area is 119 Å². The predicted molar refractivity (Wildman–Crippen MR) is 78.2 cm³/mol. The first kappa shape index (κ1) is 13.6. The Morgan fingerprint density at radius 3 is 2.39 bits per heavy atom. The zero-order valence-electron chi connectivity index (χ0n) is 9.64. The summed E-state index contributed by atoms with van der Waals surface area (Å²) in [5.41, 5.74) is 6.89. The third kappa shape index (κ3) is 3.34. The van der Waals surface area contributed by atoms with Gasteiger partial charge in [0.15, 0.2) is 0 Å². The SMILES string of the molecule is NCC(Sc1ccccc1F)c1ccc(Br)cc1. The molecule has 2 aromatic carbocycles. The van der Waals surface area contributed by atoms with Gasteiger partial charge in [-0.3, -0.25) is 0 Å². The van der Waals surface area contributed by atoms with Crippen molar-refractivity contribution in [2.75, 3.05) is 6.54 Å². The summed E-state index contributed by atoms with van der Waals surface area (Å²) < 4.78 is 14.6. The fraction of sp³-hybridized carbons (Fsp3) is 0.143. The Balaban J connectivity index is 2.20. The highest BCUT2D eigenvalue weighted by atomic mass is 79.9. The second-order valence-corrected chi connectivity index (χ2v) is 5.98. The maximum absolute atomic E-state index is 13.6. The molecule has 0 fully saturated rings. The van der Waals surface area contributed by atoms with Gasteiger partial charge in [0.1, 0.15) is 5.82 Å². The van der Waals surface area contributed by atoms with Crippen LogP contribution in [-0.2, 0) is 0 Å². The minimum absolute atomic E-state index is 0.0648. The fourth-order valence-corrected chi connectivity index (χ4v) is 2.92. The standard InChI is InChI=1S/C14H13BrFNS/c15-11-7-5-10(6-8-11)14(9-17)18-13-4-2-1-3-12(13)16/h1-8,14H,9,17H2. The van der Waals surface area contributed by atoms with Crippen molar-refractivity contribution in [3.63, 3.8) is 0 Å². The Bertz CT molecular complexity index is 515. The topological polar surface area (TPSA) is 26.0 Å². The van der Waals surface area contributed by atoms with Crippen LogP contribution in [0, 0.1) is 5.82 Å². The van der Waals surface area contributed by atoms with Crippen LogP contribution < -0.4 is 5.73 Å². The second kappa shape index (κ2) is 6.36. The number of nitrogens with two attached hydrogens (primary N) is 1. The highest BCUT2D eigenvalue weighted by Gasteiger charge is 2.13. The van der Waals surface area contributed by atoms with Gasteiger partial charge in [-0.05, 0) is 29.8 Å². The van der Waals surface area contributed by atoms with Crippen LogP contribution in [0.4, 0.5) is 4.39 Å². The summed E-state index contributed by atoms with van der Waals surface area (Å²) in [6.07, 6.45) is 0. The summed E-state index contributed by atoms with van der Waals surface area (Å²) in [5.74, 6) is -0.196. The predicted octanol–water partition coefficient (Wildman–Crippen LogP) is 4.38. The van der Waals surface area contributed by atoms with Gasteiger partial charge < -0.3 is 5.73 Å². The Hall–Kier alpha value is -0.840. The molecule has 0 saturated carbocycles. The first-order chi connectivity index (χ1) is 8.70. The van der Waals surface area contributed by atoms with E-state index in [-0.39, 0.29) is 11.1 Å². The average Bonchev–Trinajstić information content (AvgIpc) is 2.39. The minimum atomic E-state index is -0.196. The highest BCUT2D eigenvalue weighted by Crippen LogP contribution is 2.35. The van der Waals surface area contributed by atoms with Crippen molar-refractivity contribution >= 4 is 27.7 Å². The van der Waals surface area contributed by atoms with E-state index in [0.29, 0.717) is 11.4 Å². The van der Waals surface area contributed by atoms with Crippen LogP contribution in [0.5, 0.6) is 0 Å². The summed E-state index contributed by atoms with van der Waals surface area (Å²) in [6, 6.07) is 14.7. The molecule has 94 valence electrons. The quantitative estimate of drug-likeness (QED) is 0.844. The molecule has 1 unspecified atom stereocenters. The molecule has 0 aromatic heterocycles. The molecule has 2 N–H and O–H groups in total. The third-order valence-corrected chi connectivity index (χ3v) is 4.42. The summed E-state index contributed by atoms with van der Waals surface area (Å²) >= 11 is 4.86. The van der Waals surface area contributed by atoms with E-state index in [1.165, 1.54) is 17.8 Å². The highest BCUT2D eigenvalue weighted by molar-refractivity contribution is 9.10. The normalized spacial score (nSPS) is 12.4. The Morgan fingerprint density at radius 1 is 1.11 bits per heavy atom. The number of hydrogen-bond acceptors (Lipinski definition) is 2. The maximum Gasteiger partial charge on any atom is 0.136 e. The van der Waals surface area contributed by atoms with E-state index in [0.717, 1.165) is 10.0 Å². The van der Waals surface area contributed by atoms with Gasteiger partial charge >= 0.3 is 0 Å². The molecule has 0 spiro atoms. The second-order valence-electron chi connectivity index (χ2n) is 3.82. The van der Waals surface area contributed by atoms with Crippen molar-refractivity contribution in [3.05, 3.63) is 64.4 Å². The van der Waals surface area contributed by atoms with E-state index in [1.54, 1.807) is 12.1 Å². The number of benzene rings is 2. The van der Waals surface area contributed by atoms with Gasteiger partial charge in [-0.25, -0.2) is 4.39 Å². The van der Waals surface area contributed by atoms with E-state index in [9.17, 15) is 4.39 Å². The van der Waals surface area contributed by atoms with Crippen LogP contribution in [0.15, 0.2) is 57.9 Å². The fourth-order valence-electron chi connectivity index (χ4n) is 1.62. The van der Waals surface area contributed by atoms with Crippen LogP contribution in [0.3, 0.4) is 0 Å². The molecule has 2 rings (SSSR count). The smallest absolute Gasteiger partial charge is 0.136 e. The monoisotopic (exact) mass is 325 g/mol. The zero-order valence-corrected chi connectivity index (χ0v) is 12.0. The number of hydrogen-bond donors (Lipinski definition) is 1. The summed E-state index contributed by atoms with van der Waals surface area (Å²) in [4.78, 5) is 0.635. The largest absolute Gasteiger partial charge is 0.329 e. The first-order valence-electron chi connectivity index (χ1n) is 5.57. The van der Waals surface area contributed by atoms with Crippen LogP contribution in [0.25, 0.3) is 0 Å². The first-order valence-corrected chi connectivity index (χ1v) is 7.24. The van der Waals surface area contributed by atoms with Gasteiger partial charge in [0, 0.05) is 21.2 Å². The van der Waals surface area contributed by atoms with Gasteiger partial charge in [-0.15, -0.1) is 11.8 Å². The van der Waals surface area contributed by atoms with Gasteiger partial charge in [-0.1, -0.05) is 40.2 Å². The van der Waals surface area contributed by atoms with E-state index in [4.69, 9.17) is 5.73 Å². The van der Waals surface area contributed by atoms with Gasteiger partial charge in [0.05, 0.1) is 0 Å². The molecule has 0 aliphatic rings. The van der Waals surface area contributed by atoms with Gasteiger partial charge in [0.2, 0.25) is 0 Å². The van der Waals surface area contributed by atoms with Crippen molar-refractivity contribution in [2.24, 2.45) is 5.73 Å². The summed E-state index contributed by atoms with van der Waals surface area (Å²) in [5, 5.41) is 0.0648. The molecular formula is C14H13BrFNS. The molecule has 0 aliphatic carbocycles. The molecule has 0 amide bonds. The van der Waals surface area contributed by atoms with Crippen LogP contribution >= 0.6 is 27.7 Å². The molecule has 18 heavy (non-hydrogen) atoms. The lowest BCUT2D eigenvalue weighted by Gasteiger charge is -2.15. The molecule has 0 aliphatic heterocycles. The number of halogens is 2. The van der Waals surface area contributed by atoms with E-state index < -0.39 is 0 Å². The molecular weight excluding hydrogens is 313 g/mol. The van der Waals surface area contributed by atoms with E-state index in [1.807, 2.05) is 30.3 Å². The van der Waals surface area contributed by atoms with E-state index >= 15 is 0 Å². The molecule has 1 atom stereocenters. The van der Waals surface area contributed by atoms with Crippen molar-refractivity contribution < 1.29 is 4.39 Å². The Morgan fingerprint density at radius 2 is 1.78 bits per heavy atom. The van der Waals surface area contributed by atoms with Crippen LogP contribution in [0.2, 0.25) is 0 Å². The molecule has 0 radical (unpaired) electrons. The van der Waals surface area contributed by atoms with Crippen molar-refractivity contribution in [2.45, 2.75) is 10.1 Å². The van der Waals surface area contributed by atoms with Crippen molar-refractivity contribution in [3.8, 4) is 0 Å². The minimum Gasteiger partial charge on any atom is -0.329 e.